The molecule has 4 heteroatoms. The highest BCUT2D eigenvalue weighted by Gasteiger charge is 2.16. The van der Waals surface area contributed by atoms with Crippen LogP contribution in [0.5, 0.6) is 11.5 Å². The fraction of sp³-hybridized carbons (Fsp3) is 0.364. The fourth-order valence-corrected chi connectivity index (χ4v) is 3.84. The van der Waals surface area contributed by atoms with Gasteiger partial charge in [-0.1, -0.05) is 18.2 Å². The number of methoxy groups -OCH3 is 1. The standard InChI is InChI=1S/C22H26N2O2/c1-25-17-7-3-8-18(15-17)26-14-4-6-16-5-2-9-21-22(16)19-10-12-23-13-11-20(19)24-21/h2-3,5,7-9,15,23-24H,4,6,10-14H2,1H3. The first-order valence-corrected chi connectivity index (χ1v) is 9.44. The highest BCUT2D eigenvalue weighted by molar-refractivity contribution is 5.88. The predicted octanol–water partition coefficient (Wildman–Crippen LogP) is 3.88. The maximum Gasteiger partial charge on any atom is 0.122 e. The van der Waals surface area contributed by atoms with Crippen LogP contribution in [0.1, 0.15) is 23.2 Å². The largest absolute Gasteiger partial charge is 0.497 e. The topological polar surface area (TPSA) is 46.3 Å². The minimum absolute atomic E-state index is 0.706. The van der Waals surface area contributed by atoms with E-state index < -0.39 is 0 Å². The second-order valence-corrected chi connectivity index (χ2v) is 6.80. The van der Waals surface area contributed by atoms with E-state index in [1.165, 1.54) is 27.7 Å². The predicted molar refractivity (Wildman–Crippen MR) is 105 cm³/mol. The summed E-state index contributed by atoms with van der Waals surface area (Å²) in [6.45, 7) is 2.83. The van der Waals surface area contributed by atoms with Gasteiger partial charge in [0.1, 0.15) is 11.5 Å². The highest BCUT2D eigenvalue weighted by Crippen LogP contribution is 2.28. The Balaban J connectivity index is 1.44. The molecular weight excluding hydrogens is 324 g/mol. The molecule has 3 aromatic rings. The van der Waals surface area contributed by atoms with Crippen LogP contribution in [-0.2, 0) is 19.3 Å². The Hall–Kier alpha value is -2.46. The van der Waals surface area contributed by atoms with Gasteiger partial charge in [0.2, 0.25) is 0 Å². The molecule has 1 aliphatic heterocycles. The Labute approximate surface area is 154 Å². The van der Waals surface area contributed by atoms with E-state index in [4.69, 9.17) is 9.47 Å². The quantitative estimate of drug-likeness (QED) is 0.663. The van der Waals surface area contributed by atoms with Crippen LogP contribution in [0, 0.1) is 0 Å². The molecule has 0 bridgehead atoms. The normalized spacial score (nSPS) is 14.0. The van der Waals surface area contributed by atoms with Gasteiger partial charge in [-0.15, -0.1) is 0 Å². The van der Waals surface area contributed by atoms with Crippen LogP contribution in [0.15, 0.2) is 42.5 Å². The van der Waals surface area contributed by atoms with Gasteiger partial charge in [-0.25, -0.2) is 0 Å². The molecule has 0 saturated carbocycles. The summed E-state index contributed by atoms with van der Waals surface area (Å²) in [5.41, 5.74) is 5.62. The molecule has 0 aliphatic carbocycles. The fourth-order valence-electron chi connectivity index (χ4n) is 3.84. The number of ether oxygens (including phenoxy) is 2. The van der Waals surface area contributed by atoms with Crippen LogP contribution in [0.25, 0.3) is 10.9 Å². The number of aromatic amines is 1. The zero-order valence-corrected chi connectivity index (χ0v) is 15.3. The molecule has 2 aromatic carbocycles. The summed E-state index contributed by atoms with van der Waals surface area (Å²) in [5.74, 6) is 1.69. The molecule has 0 atom stereocenters. The van der Waals surface area contributed by atoms with Crippen molar-refractivity contribution in [3.63, 3.8) is 0 Å². The molecule has 0 amide bonds. The van der Waals surface area contributed by atoms with Crippen molar-refractivity contribution >= 4 is 10.9 Å². The van der Waals surface area contributed by atoms with Crippen molar-refractivity contribution in [2.24, 2.45) is 0 Å². The van der Waals surface area contributed by atoms with Gasteiger partial charge >= 0.3 is 0 Å². The van der Waals surface area contributed by atoms with Crippen LogP contribution >= 0.6 is 0 Å². The van der Waals surface area contributed by atoms with Gasteiger partial charge in [-0.05, 0) is 55.1 Å². The third-order valence-corrected chi connectivity index (χ3v) is 5.11. The number of nitrogens with one attached hydrogen (secondary N) is 2. The van der Waals surface area contributed by atoms with Crippen molar-refractivity contribution in [2.75, 3.05) is 26.8 Å². The number of hydrogen-bond donors (Lipinski definition) is 2. The maximum absolute atomic E-state index is 5.90. The molecular formula is C22H26N2O2. The number of H-pyrrole nitrogens is 1. The van der Waals surface area contributed by atoms with E-state index in [1.54, 1.807) is 7.11 Å². The molecule has 0 spiro atoms. The number of aromatic nitrogens is 1. The third kappa shape index (κ3) is 3.56. The van der Waals surface area contributed by atoms with E-state index in [-0.39, 0.29) is 0 Å². The molecule has 4 nitrogen and oxygen atoms in total. The number of hydrogen-bond acceptors (Lipinski definition) is 3. The minimum Gasteiger partial charge on any atom is -0.497 e. The van der Waals surface area contributed by atoms with Gasteiger partial charge in [-0.3, -0.25) is 0 Å². The van der Waals surface area contributed by atoms with E-state index in [2.05, 4.69) is 28.5 Å². The molecule has 0 radical (unpaired) electrons. The van der Waals surface area contributed by atoms with Crippen LogP contribution in [0.3, 0.4) is 0 Å². The smallest absolute Gasteiger partial charge is 0.122 e. The summed E-state index contributed by atoms with van der Waals surface area (Å²) in [7, 11) is 1.68. The Morgan fingerprint density at radius 3 is 2.77 bits per heavy atom. The van der Waals surface area contributed by atoms with Gasteiger partial charge in [0.15, 0.2) is 0 Å². The Bertz CT molecular complexity index is 885. The van der Waals surface area contributed by atoms with Crippen molar-refractivity contribution in [3.8, 4) is 11.5 Å². The zero-order valence-electron chi connectivity index (χ0n) is 15.3. The Morgan fingerprint density at radius 1 is 1.00 bits per heavy atom. The molecule has 1 aromatic heterocycles. The summed E-state index contributed by atoms with van der Waals surface area (Å²) < 4.78 is 11.1. The monoisotopic (exact) mass is 350 g/mol. The van der Waals surface area contributed by atoms with Gasteiger partial charge < -0.3 is 19.8 Å². The van der Waals surface area contributed by atoms with Crippen LogP contribution in [0.2, 0.25) is 0 Å². The van der Waals surface area contributed by atoms with Crippen molar-refractivity contribution in [2.45, 2.75) is 25.7 Å². The Kier molecular flexibility index (Phi) is 5.12. The number of fused-ring (bicyclic) bond motifs is 3. The van der Waals surface area contributed by atoms with Gasteiger partial charge in [0.25, 0.3) is 0 Å². The lowest BCUT2D eigenvalue weighted by molar-refractivity contribution is 0.308. The number of benzene rings is 2. The second-order valence-electron chi connectivity index (χ2n) is 6.80. The summed E-state index contributed by atoms with van der Waals surface area (Å²) >= 11 is 0. The lowest BCUT2D eigenvalue weighted by Gasteiger charge is -2.09. The van der Waals surface area contributed by atoms with Gasteiger partial charge in [0.05, 0.1) is 13.7 Å². The summed E-state index contributed by atoms with van der Waals surface area (Å²) in [6.07, 6.45) is 4.21. The zero-order chi connectivity index (χ0) is 17.8. The van der Waals surface area contributed by atoms with Gasteiger partial charge in [-0.2, -0.15) is 0 Å². The molecule has 2 heterocycles. The molecule has 4 rings (SSSR count). The van der Waals surface area contributed by atoms with Gasteiger partial charge in [0, 0.05) is 35.6 Å². The van der Waals surface area contributed by atoms with Crippen LogP contribution in [0.4, 0.5) is 0 Å². The average Bonchev–Trinajstić information content (AvgIpc) is 2.87. The first kappa shape index (κ1) is 17.0. The van der Waals surface area contributed by atoms with Crippen LogP contribution < -0.4 is 14.8 Å². The van der Waals surface area contributed by atoms with Crippen molar-refractivity contribution < 1.29 is 9.47 Å². The molecule has 0 unspecified atom stereocenters. The molecule has 136 valence electrons. The minimum atomic E-state index is 0.706. The van der Waals surface area contributed by atoms with E-state index in [0.717, 1.165) is 50.3 Å². The maximum atomic E-state index is 5.90. The van der Waals surface area contributed by atoms with Crippen molar-refractivity contribution in [1.82, 2.24) is 10.3 Å². The van der Waals surface area contributed by atoms with Crippen molar-refractivity contribution in [3.05, 3.63) is 59.3 Å². The summed E-state index contributed by atoms with van der Waals surface area (Å²) in [4.78, 5) is 3.64. The van der Waals surface area contributed by atoms with E-state index in [9.17, 15) is 0 Å². The SMILES string of the molecule is COc1cccc(OCCCc2cccc3[nH]c4c(c23)CCNCC4)c1. The van der Waals surface area contributed by atoms with E-state index >= 15 is 0 Å². The molecule has 0 saturated heterocycles. The third-order valence-electron chi connectivity index (χ3n) is 5.11. The molecule has 1 aliphatic rings. The van der Waals surface area contributed by atoms with E-state index in [1.807, 2.05) is 24.3 Å². The average molecular weight is 350 g/mol. The Morgan fingerprint density at radius 2 is 1.85 bits per heavy atom. The first-order valence-electron chi connectivity index (χ1n) is 9.44. The summed E-state index contributed by atoms with van der Waals surface area (Å²) in [6, 6.07) is 14.4. The highest BCUT2D eigenvalue weighted by atomic mass is 16.5. The molecule has 0 fully saturated rings. The molecule has 2 N–H and O–H groups in total. The number of rotatable bonds is 6. The molecule has 26 heavy (non-hydrogen) atoms. The van der Waals surface area contributed by atoms with Crippen LogP contribution in [-0.4, -0.2) is 31.8 Å². The lowest BCUT2D eigenvalue weighted by atomic mass is 9.99. The number of aryl methyl sites for hydroxylation is 1. The van der Waals surface area contributed by atoms with E-state index in [0.29, 0.717) is 6.61 Å². The second kappa shape index (κ2) is 7.83. The first-order chi connectivity index (χ1) is 12.8. The summed E-state index contributed by atoms with van der Waals surface area (Å²) in [5, 5.41) is 4.93. The lowest BCUT2D eigenvalue weighted by Crippen LogP contribution is -2.16. The van der Waals surface area contributed by atoms with Crippen molar-refractivity contribution in [1.29, 1.82) is 0 Å².